The predicted octanol–water partition coefficient (Wildman–Crippen LogP) is 9.48. The van der Waals surface area contributed by atoms with Crippen LogP contribution in [0.1, 0.15) is 41.5 Å². The van der Waals surface area contributed by atoms with Crippen molar-refractivity contribution in [2.45, 2.75) is 72.2 Å². The fourth-order valence-corrected chi connectivity index (χ4v) is 8.25. The van der Waals surface area contributed by atoms with E-state index < -0.39 is 9.84 Å². The predicted molar refractivity (Wildman–Crippen MR) is 177 cm³/mol. The third kappa shape index (κ3) is 11.8. The molecule has 0 bridgehead atoms. The average Bonchev–Trinajstić information content (AvgIpc) is 2.79. The van der Waals surface area contributed by atoms with E-state index in [1.54, 1.807) is 0 Å². The smallest absolute Gasteiger partial charge is 0.206 e. The van der Waals surface area contributed by atoms with Crippen molar-refractivity contribution in [3.05, 3.63) is 42.2 Å². The van der Waals surface area contributed by atoms with E-state index in [2.05, 4.69) is 95.6 Å². The van der Waals surface area contributed by atoms with Crippen LogP contribution in [0.15, 0.2) is 51.9 Å². The summed E-state index contributed by atoms with van der Waals surface area (Å²) in [5.74, 6) is 1.00. The summed E-state index contributed by atoms with van der Waals surface area (Å²) < 4.78 is 52.5. The monoisotopic (exact) mass is 946 g/mol. The fourth-order valence-electron chi connectivity index (χ4n) is 2.92. The van der Waals surface area contributed by atoms with Crippen LogP contribution in [0, 0.1) is 0 Å². The van der Waals surface area contributed by atoms with Gasteiger partial charge in [-0.05, 0) is 130 Å². The second-order valence-electron chi connectivity index (χ2n) is 10.6. The lowest BCUT2D eigenvalue weighted by molar-refractivity contribution is -0.00503. The van der Waals surface area contributed by atoms with Crippen molar-refractivity contribution >= 4 is 105 Å². The van der Waals surface area contributed by atoms with Gasteiger partial charge in [0.1, 0.15) is 24.7 Å². The highest BCUT2D eigenvalue weighted by molar-refractivity contribution is 9.11. The second kappa shape index (κ2) is 15.0. The molecule has 0 radical (unpaired) electrons. The number of benzene rings is 2. The summed E-state index contributed by atoms with van der Waals surface area (Å²) >= 11 is 21.0. The van der Waals surface area contributed by atoms with Crippen LogP contribution < -0.4 is 9.47 Å². The molecule has 220 valence electrons. The number of ether oxygens (including phenoxy) is 4. The van der Waals surface area contributed by atoms with Crippen LogP contribution >= 0.6 is 95.6 Å². The number of rotatable bonds is 12. The molecule has 13 heteroatoms. The summed E-state index contributed by atoms with van der Waals surface area (Å²) in [5, 5.41) is 0. The summed E-state index contributed by atoms with van der Waals surface area (Å²) in [6.07, 6.45) is 0. The molecule has 2 aromatic carbocycles. The van der Waals surface area contributed by atoms with Crippen LogP contribution in [0.25, 0.3) is 0 Å². The van der Waals surface area contributed by atoms with Gasteiger partial charge < -0.3 is 18.9 Å². The van der Waals surface area contributed by atoms with Gasteiger partial charge in [0.05, 0.1) is 61.8 Å². The van der Waals surface area contributed by atoms with Gasteiger partial charge in [-0.3, -0.25) is 0 Å². The Bertz CT molecular complexity index is 1100. The molecule has 2 atom stereocenters. The van der Waals surface area contributed by atoms with E-state index in [1.165, 1.54) is 24.3 Å². The zero-order valence-electron chi connectivity index (χ0n) is 22.4. The molecule has 0 aromatic heterocycles. The topological polar surface area (TPSA) is 71.1 Å². The molecule has 39 heavy (non-hydrogen) atoms. The molecule has 0 heterocycles. The van der Waals surface area contributed by atoms with Gasteiger partial charge in [-0.25, -0.2) is 8.42 Å². The Morgan fingerprint density at radius 1 is 0.615 bits per heavy atom. The zero-order chi connectivity index (χ0) is 29.8. The molecule has 0 spiro atoms. The maximum Gasteiger partial charge on any atom is 0.206 e. The van der Waals surface area contributed by atoms with E-state index in [9.17, 15) is 8.42 Å². The lowest BCUT2D eigenvalue weighted by Gasteiger charge is -2.22. The normalized spacial score (nSPS) is 14.3. The van der Waals surface area contributed by atoms with E-state index in [0.717, 1.165) is 0 Å². The Hall–Kier alpha value is 0.790. The summed E-state index contributed by atoms with van der Waals surface area (Å²) in [6, 6.07) is 6.12. The highest BCUT2D eigenvalue weighted by Gasteiger charge is 2.25. The number of hydrogen-bond donors (Lipinski definition) is 0. The van der Waals surface area contributed by atoms with E-state index in [4.69, 9.17) is 18.9 Å². The van der Waals surface area contributed by atoms with Gasteiger partial charge in [0.15, 0.2) is 0 Å². The van der Waals surface area contributed by atoms with Gasteiger partial charge >= 0.3 is 0 Å². The van der Waals surface area contributed by atoms with Crippen LogP contribution in [-0.2, 0) is 19.3 Å². The number of alkyl halides is 2. The molecule has 2 aromatic rings. The first kappa shape index (κ1) is 36.0. The molecular formula is C26H32Br6O6S. The van der Waals surface area contributed by atoms with Crippen LogP contribution in [0.3, 0.4) is 0 Å². The highest BCUT2D eigenvalue weighted by Crippen LogP contribution is 2.41. The lowest BCUT2D eigenvalue weighted by atomic mass is 10.2. The van der Waals surface area contributed by atoms with Crippen LogP contribution in [0.5, 0.6) is 11.5 Å². The summed E-state index contributed by atoms with van der Waals surface area (Å²) in [6.45, 7) is 13.5. The van der Waals surface area contributed by atoms with Crippen molar-refractivity contribution in [2.75, 3.05) is 26.4 Å². The Morgan fingerprint density at radius 2 is 0.897 bits per heavy atom. The Kier molecular flexibility index (Phi) is 13.8. The number of hydrogen-bond acceptors (Lipinski definition) is 6. The highest BCUT2D eigenvalue weighted by atomic mass is 79.9. The zero-order valence-corrected chi connectivity index (χ0v) is 32.8. The quantitative estimate of drug-likeness (QED) is 0.198. The molecule has 0 amide bonds. The van der Waals surface area contributed by atoms with Gasteiger partial charge in [0, 0.05) is 0 Å². The summed E-state index contributed by atoms with van der Waals surface area (Å²) in [4.78, 5) is 0.125. The maximum absolute atomic E-state index is 13.5. The Morgan fingerprint density at radius 3 is 1.15 bits per heavy atom. The molecule has 0 saturated carbocycles. The molecule has 2 rings (SSSR count). The van der Waals surface area contributed by atoms with Crippen LogP contribution in [0.4, 0.5) is 0 Å². The largest absolute Gasteiger partial charge is 0.490 e. The Labute approximate surface area is 282 Å². The molecule has 0 aliphatic heterocycles. The van der Waals surface area contributed by atoms with Crippen molar-refractivity contribution in [2.24, 2.45) is 0 Å². The molecular weight excluding hydrogens is 920 g/mol. The van der Waals surface area contributed by atoms with E-state index in [1.807, 2.05) is 41.5 Å². The molecule has 0 fully saturated rings. The molecule has 0 aliphatic rings. The van der Waals surface area contributed by atoms with Gasteiger partial charge in [0.25, 0.3) is 0 Å². The van der Waals surface area contributed by atoms with Gasteiger partial charge in [0.2, 0.25) is 9.84 Å². The number of halogens is 6. The first-order chi connectivity index (χ1) is 17.8. The van der Waals surface area contributed by atoms with E-state index >= 15 is 0 Å². The minimum atomic E-state index is -3.86. The molecule has 6 nitrogen and oxygen atoms in total. The minimum absolute atomic E-state index is 0.0415. The molecule has 0 saturated heterocycles. The van der Waals surface area contributed by atoms with Crippen molar-refractivity contribution in [3.63, 3.8) is 0 Å². The summed E-state index contributed by atoms with van der Waals surface area (Å²) in [7, 11) is -3.86. The molecule has 0 N–H and O–H groups in total. The van der Waals surface area contributed by atoms with Gasteiger partial charge in [-0.1, -0.05) is 31.9 Å². The van der Waals surface area contributed by atoms with Gasteiger partial charge in [-0.15, -0.1) is 0 Å². The number of sulfone groups is 1. The third-order valence-electron chi connectivity index (χ3n) is 4.78. The van der Waals surface area contributed by atoms with E-state index in [-0.39, 0.29) is 30.6 Å². The first-order valence-corrected chi connectivity index (χ1v) is 18.3. The van der Waals surface area contributed by atoms with Crippen molar-refractivity contribution in [1.82, 2.24) is 0 Å². The van der Waals surface area contributed by atoms with Gasteiger partial charge in [-0.2, -0.15) is 0 Å². The first-order valence-electron chi connectivity index (χ1n) is 11.8. The Balaban J connectivity index is 2.18. The molecule has 2 unspecified atom stereocenters. The third-order valence-corrected chi connectivity index (χ3v) is 9.90. The second-order valence-corrected chi connectivity index (χ2v) is 18.6. The fraction of sp³-hybridized carbons (Fsp3) is 0.538. The standard InChI is InChI=1S/C26H32Br6O6S/c1-25(2,3)37-13-15(27)11-35-23-19(29)7-17(8-20(23)30)39(33,34)18-9-21(31)24(22(32)10-18)36-12-16(28)14-38-26(4,5)6/h7-10,15-16H,11-14H2,1-6H3. The minimum Gasteiger partial charge on any atom is -0.490 e. The van der Waals surface area contributed by atoms with Crippen molar-refractivity contribution in [1.29, 1.82) is 0 Å². The van der Waals surface area contributed by atoms with Crippen molar-refractivity contribution < 1.29 is 27.4 Å². The average molecular weight is 952 g/mol. The SMILES string of the molecule is CC(C)(C)OCC(Br)COc1c(Br)cc(S(=O)(=O)c2cc(Br)c(OCC(Br)COC(C)(C)C)c(Br)c2)cc1Br. The summed E-state index contributed by atoms with van der Waals surface area (Å²) in [5.41, 5.74) is -0.510. The van der Waals surface area contributed by atoms with Crippen LogP contribution in [-0.4, -0.2) is 55.7 Å². The lowest BCUT2D eigenvalue weighted by Crippen LogP contribution is -2.26. The molecule has 0 aliphatic carbocycles. The van der Waals surface area contributed by atoms with E-state index in [0.29, 0.717) is 55.8 Å². The van der Waals surface area contributed by atoms with Crippen molar-refractivity contribution in [3.8, 4) is 11.5 Å². The maximum atomic E-state index is 13.5. The van der Waals surface area contributed by atoms with Crippen LogP contribution in [0.2, 0.25) is 0 Å².